The van der Waals surface area contributed by atoms with E-state index in [0.29, 0.717) is 0 Å². The molecule has 256 valence electrons. The molecule has 0 amide bonds. The number of fused-ring (bicyclic) bond motifs is 9. The van der Waals surface area contributed by atoms with Gasteiger partial charge < -0.3 is 4.90 Å². The van der Waals surface area contributed by atoms with Gasteiger partial charge in [0, 0.05) is 42.6 Å². The van der Waals surface area contributed by atoms with Crippen molar-refractivity contribution in [1.82, 2.24) is 0 Å². The second-order valence-corrected chi connectivity index (χ2v) is 16.4. The Kier molecular flexibility index (Phi) is 6.75. The van der Waals surface area contributed by atoms with Gasteiger partial charge in [0.15, 0.2) is 0 Å². The van der Waals surface area contributed by atoms with E-state index < -0.39 is 5.41 Å². The summed E-state index contributed by atoms with van der Waals surface area (Å²) in [5.74, 6) is 0. The van der Waals surface area contributed by atoms with Crippen molar-refractivity contribution in [2.45, 2.75) is 24.7 Å². The Labute approximate surface area is 320 Å². The van der Waals surface area contributed by atoms with E-state index in [0.717, 1.165) is 5.69 Å². The second kappa shape index (κ2) is 11.6. The van der Waals surface area contributed by atoms with Gasteiger partial charge in [0.1, 0.15) is 0 Å². The molecular formula is C52H37NS. The van der Waals surface area contributed by atoms with Gasteiger partial charge in [-0.3, -0.25) is 0 Å². The molecule has 2 heteroatoms. The van der Waals surface area contributed by atoms with E-state index in [1.54, 1.807) is 0 Å². The Balaban J connectivity index is 1.08. The van der Waals surface area contributed by atoms with Crippen LogP contribution in [0.5, 0.6) is 0 Å². The molecule has 0 fully saturated rings. The molecule has 0 bridgehead atoms. The highest BCUT2D eigenvalue weighted by atomic mass is 32.1. The van der Waals surface area contributed by atoms with Crippen LogP contribution in [0.3, 0.4) is 0 Å². The number of hydrogen-bond acceptors (Lipinski definition) is 2. The molecule has 0 saturated carbocycles. The summed E-state index contributed by atoms with van der Waals surface area (Å²) in [7, 11) is 0. The lowest BCUT2D eigenvalue weighted by Crippen LogP contribution is -2.29. The van der Waals surface area contributed by atoms with E-state index >= 15 is 0 Å². The highest BCUT2D eigenvalue weighted by molar-refractivity contribution is 7.25. The van der Waals surface area contributed by atoms with Crippen LogP contribution in [0.25, 0.3) is 42.4 Å². The number of nitrogens with zero attached hydrogens (tertiary/aromatic N) is 1. The van der Waals surface area contributed by atoms with Crippen molar-refractivity contribution in [3.63, 3.8) is 0 Å². The average molecular weight is 708 g/mol. The summed E-state index contributed by atoms with van der Waals surface area (Å²) >= 11 is 1.87. The molecule has 8 aromatic carbocycles. The lowest BCUT2D eigenvalue weighted by molar-refractivity contribution is 0.655. The highest BCUT2D eigenvalue weighted by Crippen LogP contribution is 2.58. The second-order valence-electron chi connectivity index (χ2n) is 15.3. The Morgan fingerprint density at radius 1 is 0.370 bits per heavy atom. The van der Waals surface area contributed by atoms with Crippen LogP contribution in [0.2, 0.25) is 0 Å². The first-order valence-corrected chi connectivity index (χ1v) is 19.7. The summed E-state index contributed by atoms with van der Waals surface area (Å²) in [6, 6.07) is 70.1. The van der Waals surface area contributed by atoms with Crippen molar-refractivity contribution in [3.05, 3.63) is 221 Å². The summed E-state index contributed by atoms with van der Waals surface area (Å²) < 4.78 is 2.63. The SMILES string of the molecule is CC1(C)c2cc(N(c3ccccc3)c3ccc4c(c3)sc3ccccc34)ccc2-c2ccc(C3(c4ccccc4)c4ccccc4-c4ccccc43)cc21. The van der Waals surface area contributed by atoms with Crippen molar-refractivity contribution in [3.8, 4) is 22.3 Å². The van der Waals surface area contributed by atoms with Crippen LogP contribution in [0.15, 0.2) is 188 Å². The van der Waals surface area contributed by atoms with Crippen molar-refractivity contribution < 1.29 is 0 Å². The van der Waals surface area contributed by atoms with Gasteiger partial charge in [-0.25, -0.2) is 0 Å². The monoisotopic (exact) mass is 707 g/mol. The zero-order chi connectivity index (χ0) is 36.0. The van der Waals surface area contributed by atoms with Crippen LogP contribution in [-0.2, 0) is 10.8 Å². The first kappa shape index (κ1) is 31.3. The van der Waals surface area contributed by atoms with Crippen LogP contribution in [-0.4, -0.2) is 0 Å². The summed E-state index contributed by atoms with van der Waals surface area (Å²) in [6.07, 6.45) is 0. The molecule has 0 aliphatic heterocycles. The van der Waals surface area contributed by atoms with Gasteiger partial charge in [-0.15, -0.1) is 11.3 Å². The van der Waals surface area contributed by atoms with Crippen molar-refractivity contribution in [2.75, 3.05) is 4.90 Å². The van der Waals surface area contributed by atoms with Gasteiger partial charge in [0.05, 0.1) is 5.41 Å². The maximum atomic E-state index is 2.53. The maximum absolute atomic E-state index is 2.53. The quantitative estimate of drug-likeness (QED) is 0.172. The van der Waals surface area contributed by atoms with Gasteiger partial charge in [0.25, 0.3) is 0 Å². The van der Waals surface area contributed by atoms with Crippen LogP contribution < -0.4 is 4.90 Å². The number of para-hydroxylation sites is 1. The first-order chi connectivity index (χ1) is 26.5. The molecule has 9 aromatic rings. The molecule has 2 aliphatic carbocycles. The highest BCUT2D eigenvalue weighted by Gasteiger charge is 2.47. The molecule has 0 radical (unpaired) electrons. The molecule has 0 unspecified atom stereocenters. The van der Waals surface area contributed by atoms with E-state index in [2.05, 4.69) is 207 Å². The Bertz CT molecular complexity index is 2870. The molecule has 0 spiro atoms. The van der Waals surface area contributed by atoms with Crippen LogP contribution in [0.4, 0.5) is 17.1 Å². The molecule has 1 heterocycles. The van der Waals surface area contributed by atoms with Crippen molar-refractivity contribution in [2.24, 2.45) is 0 Å². The van der Waals surface area contributed by atoms with Gasteiger partial charge in [-0.1, -0.05) is 159 Å². The maximum Gasteiger partial charge on any atom is 0.0713 e. The summed E-state index contributed by atoms with van der Waals surface area (Å²) in [6.45, 7) is 4.82. The molecule has 0 atom stereocenters. The number of rotatable bonds is 5. The van der Waals surface area contributed by atoms with Crippen molar-refractivity contribution in [1.29, 1.82) is 0 Å². The minimum Gasteiger partial charge on any atom is -0.310 e. The molecule has 11 rings (SSSR count). The molecule has 1 nitrogen and oxygen atoms in total. The van der Waals surface area contributed by atoms with Gasteiger partial charge in [0.2, 0.25) is 0 Å². The standard InChI is InChI=1S/C52H37NS/c1-51(2)47-31-35(52(34-15-5-3-6-16-34)45-22-12-9-19-39(45)40-20-10-13-23-46(40)52)25-28-41(47)42-29-26-37(32-48(42)51)53(36-17-7-4-8-18-36)38-27-30-44-43-21-11-14-24-49(43)54-50(44)33-38/h3-33H,1-2H3. The smallest absolute Gasteiger partial charge is 0.0713 e. The third-order valence-corrected chi connectivity index (χ3v) is 13.3. The molecular weight excluding hydrogens is 671 g/mol. The topological polar surface area (TPSA) is 3.24 Å². The fourth-order valence-electron chi connectivity index (χ4n) is 9.69. The number of anilines is 3. The normalized spacial score (nSPS) is 14.4. The molecule has 0 N–H and O–H groups in total. The van der Waals surface area contributed by atoms with Crippen LogP contribution in [0, 0.1) is 0 Å². The van der Waals surface area contributed by atoms with Gasteiger partial charge in [-0.05, 0) is 98.1 Å². The Hall–Kier alpha value is -6.22. The average Bonchev–Trinajstić information content (AvgIpc) is 3.82. The summed E-state index contributed by atoms with van der Waals surface area (Å²) in [5, 5.41) is 2.64. The Morgan fingerprint density at radius 2 is 0.907 bits per heavy atom. The fraction of sp³-hybridized carbons (Fsp3) is 0.0769. The van der Waals surface area contributed by atoms with Crippen LogP contribution >= 0.6 is 11.3 Å². The first-order valence-electron chi connectivity index (χ1n) is 18.8. The summed E-state index contributed by atoms with van der Waals surface area (Å²) in [5.41, 5.74) is 16.2. The minimum absolute atomic E-state index is 0.218. The van der Waals surface area contributed by atoms with E-state index in [1.807, 2.05) is 11.3 Å². The molecule has 0 saturated heterocycles. The zero-order valence-corrected chi connectivity index (χ0v) is 31.1. The largest absolute Gasteiger partial charge is 0.310 e. The number of hydrogen-bond donors (Lipinski definition) is 0. The van der Waals surface area contributed by atoms with E-state index in [9.17, 15) is 0 Å². The number of benzene rings is 8. The number of thiophene rings is 1. The van der Waals surface area contributed by atoms with E-state index in [1.165, 1.54) is 87.2 Å². The summed E-state index contributed by atoms with van der Waals surface area (Å²) in [4.78, 5) is 2.42. The Morgan fingerprint density at radius 3 is 1.65 bits per heavy atom. The predicted octanol–water partition coefficient (Wildman–Crippen LogP) is 14.2. The van der Waals surface area contributed by atoms with Gasteiger partial charge >= 0.3 is 0 Å². The molecule has 54 heavy (non-hydrogen) atoms. The van der Waals surface area contributed by atoms with Gasteiger partial charge in [-0.2, -0.15) is 0 Å². The molecule has 1 aromatic heterocycles. The van der Waals surface area contributed by atoms with Crippen LogP contribution in [0.1, 0.15) is 47.2 Å². The van der Waals surface area contributed by atoms with Crippen molar-refractivity contribution >= 4 is 48.6 Å². The lowest BCUT2D eigenvalue weighted by Gasteiger charge is -2.35. The van der Waals surface area contributed by atoms with E-state index in [-0.39, 0.29) is 5.41 Å². The lowest BCUT2D eigenvalue weighted by atomic mass is 9.66. The third kappa shape index (κ3) is 4.32. The van der Waals surface area contributed by atoms with E-state index in [4.69, 9.17) is 0 Å². The predicted molar refractivity (Wildman–Crippen MR) is 229 cm³/mol. The minimum atomic E-state index is -0.422. The molecule has 2 aliphatic rings. The zero-order valence-electron chi connectivity index (χ0n) is 30.3. The fourth-order valence-corrected chi connectivity index (χ4v) is 10.8. The third-order valence-electron chi connectivity index (χ3n) is 12.1.